The van der Waals surface area contributed by atoms with Gasteiger partial charge in [0.1, 0.15) is 17.7 Å². The molecule has 46 heavy (non-hydrogen) atoms. The van der Waals surface area contributed by atoms with Gasteiger partial charge in [0, 0.05) is 31.3 Å². The van der Waals surface area contributed by atoms with Crippen molar-refractivity contribution in [3.8, 4) is 5.75 Å². The second-order valence-corrected chi connectivity index (χ2v) is 14.6. The first-order chi connectivity index (χ1) is 21.8. The normalized spacial score (nSPS) is 19.4. The molecule has 0 radical (unpaired) electrons. The molecule has 0 unspecified atom stereocenters. The largest absolute Gasteiger partial charge is 0.484 e. The molecule has 1 saturated heterocycles. The summed E-state index contributed by atoms with van der Waals surface area (Å²) in [6.45, 7) is 7.48. The molecule has 2 aliphatic rings. The first-order valence-electron chi connectivity index (χ1n) is 15.6. The van der Waals surface area contributed by atoms with Gasteiger partial charge in [0.25, 0.3) is 10.1 Å². The Balaban J connectivity index is 1.25. The Morgan fingerprint density at radius 1 is 1.07 bits per heavy atom. The van der Waals surface area contributed by atoms with E-state index in [-0.39, 0.29) is 36.1 Å². The third-order valence-corrected chi connectivity index (χ3v) is 8.97. The van der Waals surface area contributed by atoms with Gasteiger partial charge in [-0.25, -0.2) is 4.79 Å². The number of nitrogens with zero attached hydrogens (tertiary/aromatic N) is 4. The molecule has 0 spiro atoms. The highest BCUT2D eigenvalue weighted by molar-refractivity contribution is 7.85. The minimum atomic E-state index is -3.45. The molecule has 2 amide bonds. The molecule has 4 N–H and O–H groups in total. The Kier molecular flexibility index (Phi) is 9.87. The third kappa shape index (κ3) is 8.15. The lowest BCUT2D eigenvalue weighted by Crippen LogP contribution is -2.42. The van der Waals surface area contributed by atoms with Crippen LogP contribution >= 0.6 is 0 Å². The first-order valence-corrected chi connectivity index (χ1v) is 17.4. The van der Waals surface area contributed by atoms with Crippen molar-refractivity contribution < 1.29 is 22.1 Å². The summed E-state index contributed by atoms with van der Waals surface area (Å²) in [6.07, 6.45) is 7.37. The Bertz CT molecular complexity index is 1710. The molecule has 2 atom stereocenters. The lowest BCUT2D eigenvalue weighted by Gasteiger charge is -2.32. The van der Waals surface area contributed by atoms with E-state index in [0.29, 0.717) is 48.9 Å². The number of carbonyl (C=O) groups is 1. The maximum absolute atomic E-state index is 13.0. The maximum Gasteiger partial charge on any atom is 0.320 e. The van der Waals surface area contributed by atoms with Crippen LogP contribution in [0.5, 0.6) is 5.75 Å². The van der Waals surface area contributed by atoms with E-state index in [0.717, 1.165) is 36.2 Å². The SMILES string of the molecule is CN/C(=C\C(=N)C(C)(C)C)NC(=O)N[C@H]1CC[C@@H](Oc2ccc3nnc(N4CCC(COS(C)(=O)=O)CC4)n3c2)c2ccccc21. The molecule has 248 valence electrons. The van der Waals surface area contributed by atoms with Gasteiger partial charge in [0.15, 0.2) is 5.65 Å². The van der Waals surface area contributed by atoms with Crippen LogP contribution in [-0.2, 0) is 14.3 Å². The number of nitrogens with one attached hydrogen (secondary N) is 4. The third-order valence-electron chi connectivity index (χ3n) is 8.41. The van der Waals surface area contributed by atoms with Gasteiger partial charge in [-0.05, 0) is 60.9 Å². The summed E-state index contributed by atoms with van der Waals surface area (Å²) < 4.78 is 36.3. The fourth-order valence-corrected chi connectivity index (χ4v) is 6.14. The van der Waals surface area contributed by atoms with Crippen LogP contribution in [-0.4, -0.2) is 67.8 Å². The highest BCUT2D eigenvalue weighted by Crippen LogP contribution is 2.39. The number of carbonyl (C=O) groups excluding carboxylic acids is 1. The molecular formula is C32H44N8O5S. The Hall–Kier alpha value is -4.17. The zero-order valence-corrected chi connectivity index (χ0v) is 27.9. The molecular weight excluding hydrogens is 608 g/mol. The molecule has 1 aromatic carbocycles. The van der Waals surface area contributed by atoms with E-state index < -0.39 is 10.1 Å². The number of hydrogen-bond donors (Lipinski definition) is 4. The minimum absolute atomic E-state index is 0.171. The average Bonchev–Trinajstić information content (AvgIpc) is 3.43. The van der Waals surface area contributed by atoms with Crippen LogP contribution in [0.1, 0.15) is 69.7 Å². The smallest absolute Gasteiger partial charge is 0.320 e. The van der Waals surface area contributed by atoms with Crippen molar-refractivity contribution in [3.05, 3.63) is 65.6 Å². The average molecular weight is 653 g/mol. The molecule has 0 bridgehead atoms. The van der Waals surface area contributed by atoms with Crippen molar-refractivity contribution in [2.45, 2.75) is 58.6 Å². The lowest BCUT2D eigenvalue weighted by atomic mass is 9.85. The Morgan fingerprint density at radius 3 is 2.46 bits per heavy atom. The van der Waals surface area contributed by atoms with Crippen LogP contribution in [0.3, 0.4) is 0 Å². The van der Waals surface area contributed by atoms with E-state index in [4.69, 9.17) is 14.3 Å². The summed E-state index contributed by atoms with van der Waals surface area (Å²) in [5, 5.41) is 26.0. The van der Waals surface area contributed by atoms with Gasteiger partial charge in [0.05, 0.1) is 25.1 Å². The monoisotopic (exact) mass is 652 g/mol. The lowest BCUT2D eigenvalue weighted by molar-refractivity contribution is 0.171. The van der Waals surface area contributed by atoms with Gasteiger partial charge in [0.2, 0.25) is 5.95 Å². The Labute approximate surface area is 270 Å². The van der Waals surface area contributed by atoms with E-state index in [9.17, 15) is 13.2 Å². The molecule has 14 heteroatoms. The number of piperidine rings is 1. The van der Waals surface area contributed by atoms with Crippen LogP contribution in [0.25, 0.3) is 5.65 Å². The highest BCUT2D eigenvalue weighted by Gasteiger charge is 2.30. The summed E-state index contributed by atoms with van der Waals surface area (Å²) in [5.41, 5.74) is 2.78. The number of hydrogen-bond acceptors (Lipinski definition) is 10. The van der Waals surface area contributed by atoms with E-state index in [1.807, 2.05) is 67.8 Å². The summed E-state index contributed by atoms with van der Waals surface area (Å²) in [5.74, 6) is 2.02. The van der Waals surface area contributed by atoms with Crippen molar-refractivity contribution >= 4 is 33.5 Å². The van der Waals surface area contributed by atoms with E-state index in [1.165, 1.54) is 0 Å². The molecule has 1 fully saturated rings. The molecule has 3 aromatic rings. The summed E-state index contributed by atoms with van der Waals surface area (Å²) in [7, 11) is -1.74. The number of urea groups is 1. The van der Waals surface area contributed by atoms with Crippen molar-refractivity contribution in [1.29, 1.82) is 5.41 Å². The molecule has 5 rings (SSSR count). The quantitative estimate of drug-likeness (QED) is 0.185. The molecule has 0 saturated carbocycles. The van der Waals surface area contributed by atoms with Crippen LogP contribution < -0.4 is 25.6 Å². The summed E-state index contributed by atoms with van der Waals surface area (Å²) in [6, 6.07) is 11.2. The topological polar surface area (TPSA) is 163 Å². The van der Waals surface area contributed by atoms with E-state index in [2.05, 4.69) is 31.0 Å². The standard InChI is InChI=1S/C32H44N8O5S/c1-32(2,3)27(33)18-28(34-4)36-30(41)35-25-11-12-26(24-9-7-6-8-23(24)25)45-22-10-13-29-37-38-31(40(29)19-22)39-16-14-21(15-17-39)20-44-46(5,42)43/h6-10,13,18-19,21,25-26,33-34H,11-12,14-17,20H2,1-5H3,(H2,35,36,41)/b28-18+,33-27?/t25-,26+/m0/s1. The number of benzene rings is 1. The number of amides is 2. The number of allylic oxidation sites excluding steroid dienone is 1. The molecule has 1 aliphatic heterocycles. The van der Waals surface area contributed by atoms with Crippen molar-refractivity contribution in [1.82, 2.24) is 30.5 Å². The van der Waals surface area contributed by atoms with Gasteiger partial charge in [-0.1, -0.05) is 45.0 Å². The van der Waals surface area contributed by atoms with Crippen LogP contribution in [0.4, 0.5) is 10.7 Å². The minimum Gasteiger partial charge on any atom is -0.484 e. The number of anilines is 1. The molecule has 2 aromatic heterocycles. The highest BCUT2D eigenvalue weighted by atomic mass is 32.2. The fourth-order valence-electron chi connectivity index (χ4n) is 5.70. The van der Waals surface area contributed by atoms with Crippen molar-refractivity contribution in [3.63, 3.8) is 0 Å². The summed E-state index contributed by atoms with van der Waals surface area (Å²) in [4.78, 5) is 15.1. The predicted octanol–water partition coefficient (Wildman–Crippen LogP) is 4.30. The molecule has 13 nitrogen and oxygen atoms in total. The predicted molar refractivity (Wildman–Crippen MR) is 176 cm³/mol. The first kappa shape index (κ1) is 33.2. The van der Waals surface area contributed by atoms with Crippen LogP contribution in [0.15, 0.2) is 54.5 Å². The number of fused-ring (bicyclic) bond motifs is 2. The number of rotatable bonds is 10. The van der Waals surface area contributed by atoms with Gasteiger partial charge in [-0.3, -0.25) is 13.9 Å². The van der Waals surface area contributed by atoms with Crippen molar-refractivity contribution in [2.24, 2.45) is 11.3 Å². The zero-order valence-electron chi connectivity index (χ0n) is 27.0. The van der Waals surface area contributed by atoms with E-state index in [1.54, 1.807) is 13.1 Å². The second kappa shape index (κ2) is 13.7. The maximum atomic E-state index is 13.0. The second-order valence-electron chi connectivity index (χ2n) is 12.9. The van der Waals surface area contributed by atoms with Gasteiger partial charge in [-0.2, -0.15) is 8.42 Å². The number of aromatic nitrogens is 3. The van der Waals surface area contributed by atoms with Crippen LogP contribution in [0, 0.1) is 16.7 Å². The van der Waals surface area contributed by atoms with Gasteiger partial charge < -0.3 is 25.7 Å². The molecule has 3 heterocycles. The Morgan fingerprint density at radius 2 is 1.78 bits per heavy atom. The number of ether oxygens (including phenoxy) is 1. The zero-order chi connectivity index (χ0) is 33.1. The number of pyridine rings is 1. The summed E-state index contributed by atoms with van der Waals surface area (Å²) >= 11 is 0. The molecule has 1 aliphatic carbocycles. The fraction of sp³-hybridized carbons (Fsp3) is 0.500. The van der Waals surface area contributed by atoms with Crippen molar-refractivity contribution in [2.75, 3.05) is 37.9 Å². The van der Waals surface area contributed by atoms with Crippen LogP contribution in [0.2, 0.25) is 0 Å². The van der Waals surface area contributed by atoms with Gasteiger partial charge >= 0.3 is 6.03 Å². The van der Waals surface area contributed by atoms with Gasteiger partial charge in [-0.15, -0.1) is 10.2 Å². The van der Waals surface area contributed by atoms with E-state index >= 15 is 0 Å².